The first-order valence-corrected chi connectivity index (χ1v) is 9.99. The maximum atomic E-state index is 13.2. The van der Waals surface area contributed by atoms with Crippen LogP contribution in [0.1, 0.15) is 11.6 Å². The number of halogens is 1. The van der Waals surface area contributed by atoms with Gasteiger partial charge < -0.3 is 14.8 Å². The van der Waals surface area contributed by atoms with E-state index < -0.39 is 10.2 Å². The van der Waals surface area contributed by atoms with Crippen molar-refractivity contribution in [2.45, 2.75) is 6.04 Å². The Hall–Kier alpha value is -0.740. The van der Waals surface area contributed by atoms with Gasteiger partial charge in [-0.05, 0) is 17.7 Å². The van der Waals surface area contributed by atoms with E-state index in [1.54, 1.807) is 24.6 Å². The van der Waals surface area contributed by atoms with E-state index in [0.29, 0.717) is 37.9 Å². The molecular weight excluding hydrogens is 366 g/mol. The number of ether oxygens (including phenoxy) is 2. The summed E-state index contributed by atoms with van der Waals surface area (Å²) < 4.78 is 39.6. The first kappa shape index (κ1) is 20.6. The van der Waals surface area contributed by atoms with Crippen LogP contribution < -0.4 is 5.32 Å². The Labute approximate surface area is 155 Å². The molecule has 1 aliphatic rings. The van der Waals surface area contributed by atoms with Gasteiger partial charge in [0.05, 0.1) is 19.3 Å². The predicted octanol–water partition coefficient (Wildman–Crippen LogP) is 1.13. The van der Waals surface area contributed by atoms with Crippen molar-refractivity contribution in [3.63, 3.8) is 0 Å². The zero-order valence-corrected chi connectivity index (χ0v) is 16.2. The highest BCUT2D eigenvalue weighted by molar-refractivity contribution is 7.86. The maximum Gasteiger partial charge on any atom is 0.282 e. The third-order valence-corrected chi connectivity index (χ3v) is 6.42. The Morgan fingerprint density at radius 3 is 2.56 bits per heavy atom. The van der Waals surface area contributed by atoms with E-state index in [-0.39, 0.29) is 19.1 Å². The summed E-state index contributed by atoms with van der Waals surface area (Å²) in [6.45, 7) is 2.78. The number of nitrogens with one attached hydrogen (secondary N) is 1. The van der Waals surface area contributed by atoms with Gasteiger partial charge in [-0.3, -0.25) is 0 Å². The Balaban J connectivity index is 2.28. The molecule has 1 aliphatic heterocycles. The van der Waals surface area contributed by atoms with Crippen molar-refractivity contribution in [3.05, 3.63) is 34.9 Å². The molecule has 9 heteroatoms. The van der Waals surface area contributed by atoms with Gasteiger partial charge in [0.15, 0.2) is 0 Å². The number of rotatable bonds is 9. The van der Waals surface area contributed by atoms with Crippen molar-refractivity contribution in [3.8, 4) is 0 Å². The van der Waals surface area contributed by atoms with Crippen LogP contribution in [0, 0.1) is 0 Å². The minimum absolute atomic E-state index is 0.286. The number of hydrogen-bond acceptors (Lipinski definition) is 5. The average molecular weight is 392 g/mol. The molecule has 0 aliphatic carbocycles. The van der Waals surface area contributed by atoms with Crippen molar-refractivity contribution < 1.29 is 17.9 Å². The van der Waals surface area contributed by atoms with Crippen LogP contribution in [-0.4, -0.2) is 77.2 Å². The highest BCUT2D eigenvalue weighted by atomic mass is 35.5. The molecule has 0 aromatic heterocycles. The van der Waals surface area contributed by atoms with Crippen LogP contribution in [-0.2, 0) is 19.7 Å². The standard InChI is InChI=1S/C16H26ClN3O4S/c1-23-10-8-19(9-11-24-2)25(21,22)20-7-6-18-13-16(20)14-4-3-5-15(17)12-14/h3-5,12,16,18H,6-11,13H2,1-2H3. The average Bonchev–Trinajstić information content (AvgIpc) is 2.61. The Bertz CT molecular complexity index is 636. The van der Waals surface area contributed by atoms with Gasteiger partial charge in [0.1, 0.15) is 0 Å². The summed E-state index contributed by atoms with van der Waals surface area (Å²) in [4.78, 5) is 0. The highest BCUT2D eigenvalue weighted by Crippen LogP contribution is 2.28. The van der Waals surface area contributed by atoms with Crippen LogP contribution in [0.2, 0.25) is 5.02 Å². The van der Waals surface area contributed by atoms with Crippen LogP contribution in [0.5, 0.6) is 0 Å². The van der Waals surface area contributed by atoms with Gasteiger partial charge in [0, 0.05) is 52.0 Å². The minimum atomic E-state index is -3.66. The number of hydrogen-bond donors (Lipinski definition) is 1. The highest BCUT2D eigenvalue weighted by Gasteiger charge is 2.37. The molecule has 0 radical (unpaired) electrons. The second-order valence-corrected chi connectivity index (χ2v) is 8.10. The lowest BCUT2D eigenvalue weighted by Gasteiger charge is -2.38. The summed E-state index contributed by atoms with van der Waals surface area (Å²) in [6, 6.07) is 7.04. The van der Waals surface area contributed by atoms with Gasteiger partial charge in [-0.15, -0.1) is 0 Å². The zero-order chi connectivity index (χ0) is 18.3. The van der Waals surface area contributed by atoms with Gasteiger partial charge >= 0.3 is 0 Å². The van der Waals surface area contributed by atoms with E-state index in [4.69, 9.17) is 21.1 Å². The molecule has 1 unspecified atom stereocenters. The molecule has 1 aromatic carbocycles. The second kappa shape index (κ2) is 9.82. The van der Waals surface area contributed by atoms with E-state index in [0.717, 1.165) is 5.56 Å². The third-order valence-electron chi connectivity index (χ3n) is 4.14. The Morgan fingerprint density at radius 1 is 1.28 bits per heavy atom. The largest absolute Gasteiger partial charge is 0.383 e. The summed E-state index contributed by atoms with van der Waals surface area (Å²) in [5, 5.41) is 3.86. The van der Waals surface area contributed by atoms with Crippen LogP contribution in [0.15, 0.2) is 24.3 Å². The molecule has 1 atom stereocenters. The van der Waals surface area contributed by atoms with E-state index in [1.807, 2.05) is 18.2 Å². The van der Waals surface area contributed by atoms with Crippen molar-refractivity contribution in [2.24, 2.45) is 0 Å². The molecular formula is C16H26ClN3O4S. The summed E-state index contributed by atoms with van der Waals surface area (Å²) in [6.07, 6.45) is 0. The molecule has 1 aromatic rings. The summed E-state index contributed by atoms with van der Waals surface area (Å²) in [5.41, 5.74) is 0.877. The summed E-state index contributed by atoms with van der Waals surface area (Å²) in [5.74, 6) is 0. The monoisotopic (exact) mass is 391 g/mol. The smallest absolute Gasteiger partial charge is 0.282 e. The van der Waals surface area contributed by atoms with Crippen molar-refractivity contribution in [2.75, 3.05) is 60.2 Å². The van der Waals surface area contributed by atoms with E-state index >= 15 is 0 Å². The van der Waals surface area contributed by atoms with Gasteiger partial charge in [-0.2, -0.15) is 17.0 Å². The normalized spacial score (nSPS) is 19.4. The van der Waals surface area contributed by atoms with Crippen molar-refractivity contribution >= 4 is 21.8 Å². The fourth-order valence-electron chi connectivity index (χ4n) is 2.84. The number of nitrogens with zero attached hydrogens (tertiary/aromatic N) is 2. The number of piperazine rings is 1. The van der Waals surface area contributed by atoms with Crippen LogP contribution in [0.25, 0.3) is 0 Å². The second-order valence-electron chi connectivity index (χ2n) is 5.78. The summed E-state index contributed by atoms with van der Waals surface area (Å²) in [7, 11) is -0.543. The van der Waals surface area contributed by atoms with Gasteiger partial charge in [0.2, 0.25) is 0 Å². The quantitative estimate of drug-likeness (QED) is 0.683. The SMILES string of the molecule is COCCN(CCOC)S(=O)(=O)N1CCNCC1c1cccc(Cl)c1. The zero-order valence-electron chi connectivity index (χ0n) is 14.7. The summed E-state index contributed by atoms with van der Waals surface area (Å²) >= 11 is 6.09. The molecule has 1 N–H and O–H groups in total. The van der Waals surface area contributed by atoms with Crippen LogP contribution in [0.4, 0.5) is 0 Å². The topological polar surface area (TPSA) is 71.1 Å². The third kappa shape index (κ3) is 5.37. The molecule has 25 heavy (non-hydrogen) atoms. The van der Waals surface area contributed by atoms with Crippen LogP contribution in [0.3, 0.4) is 0 Å². The first-order valence-electron chi connectivity index (χ1n) is 8.21. The molecule has 1 heterocycles. The van der Waals surface area contributed by atoms with E-state index in [9.17, 15) is 8.42 Å². The van der Waals surface area contributed by atoms with Gasteiger partial charge in [-0.1, -0.05) is 23.7 Å². The lowest BCUT2D eigenvalue weighted by atomic mass is 10.1. The van der Waals surface area contributed by atoms with E-state index in [2.05, 4.69) is 5.32 Å². The molecule has 7 nitrogen and oxygen atoms in total. The Kier molecular flexibility index (Phi) is 8.08. The van der Waals surface area contributed by atoms with Gasteiger partial charge in [0.25, 0.3) is 10.2 Å². The predicted molar refractivity (Wildman–Crippen MR) is 98.0 cm³/mol. The number of benzene rings is 1. The fourth-order valence-corrected chi connectivity index (χ4v) is 4.78. The van der Waals surface area contributed by atoms with E-state index in [1.165, 1.54) is 4.31 Å². The van der Waals surface area contributed by atoms with Crippen molar-refractivity contribution in [1.29, 1.82) is 0 Å². The maximum absolute atomic E-state index is 13.2. The molecule has 0 spiro atoms. The number of methoxy groups -OCH3 is 2. The fraction of sp³-hybridized carbons (Fsp3) is 0.625. The molecule has 0 saturated carbocycles. The van der Waals surface area contributed by atoms with Crippen LogP contribution >= 0.6 is 11.6 Å². The molecule has 0 bridgehead atoms. The first-order chi connectivity index (χ1) is 12.0. The molecule has 2 rings (SSSR count). The van der Waals surface area contributed by atoms with Gasteiger partial charge in [-0.25, -0.2) is 0 Å². The molecule has 1 fully saturated rings. The minimum Gasteiger partial charge on any atom is -0.383 e. The lowest BCUT2D eigenvalue weighted by Crippen LogP contribution is -2.54. The molecule has 142 valence electrons. The molecule has 1 saturated heterocycles. The Morgan fingerprint density at radius 2 is 1.96 bits per heavy atom. The molecule has 0 amide bonds. The lowest BCUT2D eigenvalue weighted by molar-refractivity contribution is 0.143. The van der Waals surface area contributed by atoms with Crippen molar-refractivity contribution in [1.82, 2.24) is 13.9 Å².